The molecule has 1 aromatic carbocycles. The minimum absolute atomic E-state index is 0.0812. The van der Waals surface area contributed by atoms with E-state index in [4.69, 9.17) is 5.73 Å². The molecular formula is C15H25BrN2O. The van der Waals surface area contributed by atoms with E-state index in [-0.39, 0.29) is 18.2 Å². The highest BCUT2D eigenvalue weighted by molar-refractivity contribution is 9.10. The summed E-state index contributed by atoms with van der Waals surface area (Å²) in [7, 11) is 2.07. The molecule has 4 heteroatoms. The first kappa shape index (κ1) is 16.6. The van der Waals surface area contributed by atoms with Gasteiger partial charge in [0.15, 0.2) is 0 Å². The van der Waals surface area contributed by atoms with Crippen LogP contribution >= 0.6 is 15.9 Å². The van der Waals surface area contributed by atoms with Crippen molar-refractivity contribution in [2.24, 2.45) is 5.73 Å². The maximum atomic E-state index is 9.44. The predicted octanol–water partition coefficient (Wildman–Crippen LogP) is 2.93. The van der Waals surface area contributed by atoms with Crippen molar-refractivity contribution >= 4 is 15.9 Å². The number of aliphatic hydroxyl groups excluding tert-OH is 1. The van der Waals surface area contributed by atoms with Gasteiger partial charge in [-0.2, -0.15) is 0 Å². The summed E-state index contributed by atoms with van der Waals surface area (Å²) in [6.07, 6.45) is 1.40. The molecule has 3 unspecified atom stereocenters. The van der Waals surface area contributed by atoms with Crippen LogP contribution in [0.5, 0.6) is 0 Å². The fraction of sp³-hybridized carbons (Fsp3) is 0.600. The highest BCUT2D eigenvalue weighted by Gasteiger charge is 2.24. The first-order chi connectivity index (χ1) is 8.97. The lowest BCUT2D eigenvalue weighted by Crippen LogP contribution is -2.40. The molecule has 0 aromatic heterocycles. The van der Waals surface area contributed by atoms with E-state index in [1.807, 2.05) is 25.1 Å². The summed E-state index contributed by atoms with van der Waals surface area (Å²) in [5.41, 5.74) is 7.51. The second kappa shape index (κ2) is 8.00. The number of rotatable bonds is 7. The molecule has 0 spiro atoms. The normalized spacial score (nSPS) is 16.4. The molecule has 3 N–H and O–H groups in total. The number of nitrogens with two attached hydrogens (primary N) is 1. The molecule has 0 fully saturated rings. The van der Waals surface area contributed by atoms with Crippen molar-refractivity contribution in [2.45, 2.75) is 44.9 Å². The quantitative estimate of drug-likeness (QED) is 0.809. The zero-order chi connectivity index (χ0) is 14.4. The van der Waals surface area contributed by atoms with Crippen molar-refractivity contribution in [3.8, 4) is 0 Å². The number of aliphatic hydroxyl groups is 1. The molecule has 0 saturated heterocycles. The molecule has 19 heavy (non-hydrogen) atoms. The van der Waals surface area contributed by atoms with Gasteiger partial charge in [-0.25, -0.2) is 0 Å². The van der Waals surface area contributed by atoms with Gasteiger partial charge in [0.2, 0.25) is 0 Å². The highest BCUT2D eigenvalue weighted by atomic mass is 79.9. The zero-order valence-electron chi connectivity index (χ0n) is 12.0. The van der Waals surface area contributed by atoms with Crippen LogP contribution in [0.3, 0.4) is 0 Å². The zero-order valence-corrected chi connectivity index (χ0v) is 13.6. The van der Waals surface area contributed by atoms with Crippen molar-refractivity contribution in [3.63, 3.8) is 0 Å². The van der Waals surface area contributed by atoms with Gasteiger partial charge in [-0.1, -0.05) is 41.1 Å². The van der Waals surface area contributed by atoms with Crippen LogP contribution in [-0.2, 0) is 0 Å². The fourth-order valence-corrected chi connectivity index (χ4v) is 2.78. The molecule has 0 aliphatic heterocycles. The number of benzene rings is 1. The minimum Gasteiger partial charge on any atom is -0.393 e. The number of halogens is 1. The second-order valence-corrected chi connectivity index (χ2v) is 6.01. The van der Waals surface area contributed by atoms with E-state index < -0.39 is 0 Å². The number of hydrogen-bond donors (Lipinski definition) is 2. The van der Waals surface area contributed by atoms with Crippen LogP contribution in [0, 0.1) is 0 Å². The van der Waals surface area contributed by atoms with E-state index in [0.29, 0.717) is 0 Å². The fourth-order valence-electron chi connectivity index (χ4n) is 2.26. The average molecular weight is 329 g/mol. The Hall–Kier alpha value is -0.420. The van der Waals surface area contributed by atoms with E-state index in [1.165, 1.54) is 5.56 Å². The summed E-state index contributed by atoms with van der Waals surface area (Å²) in [5, 5.41) is 9.44. The lowest BCUT2D eigenvalue weighted by atomic mass is 9.96. The van der Waals surface area contributed by atoms with Crippen molar-refractivity contribution in [1.29, 1.82) is 0 Å². The topological polar surface area (TPSA) is 49.5 Å². The van der Waals surface area contributed by atoms with Crippen LogP contribution in [-0.4, -0.2) is 35.7 Å². The lowest BCUT2D eigenvalue weighted by molar-refractivity contribution is 0.140. The van der Waals surface area contributed by atoms with Gasteiger partial charge in [-0.05, 0) is 38.4 Å². The summed E-state index contributed by atoms with van der Waals surface area (Å²) >= 11 is 3.61. The number of likely N-dealkylation sites (N-methyl/N-ethyl adjacent to an activating group) is 1. The Bertz CT molecular complexity index is 384. The van der Waals surface area contributed by atoms with Crippen molar-refractivity contribution in [2.75, 3.05) is 13.6 Å². The van der Waals surface area contributed by atoms with Gasteiger partial charge in [0.1, 0.15) is 0 Å². The first-order valence-corrected chi connectivity index (χ1v) is 7.65. The summed E-state index contributed by atoms with van der Waals surface area (Å²) in [4.78, 5) is 2.24. The molecule has 108 valence electrons. The molecule has 0 bridgehead atoms. The Morgan fingerprint density at radius 3 is 2.53 bits per heavy atom. The third-order valence-electron chi connectivity index (χ3n) is 3.48. The molecule has 0 aliphatic rings. The van der Waals surface area contributed by atoms with E-state index >= 15 is 0 Å². The second-order valence-electron chi connectivity index (χ2n) is 5.16. The molecule has 0 saturated carbocycles. The van der Waals surface area contributed by atoms with Crippen molar-refractivity contribution in [1.82, 2.24) is 4.90 Å². The van der Waals surface area contributed by atoms with Gasteiger partial charge in [0.05, 0.1) is 12.1 Å². The minimum atomic E-state index is -0.278. The Morgan fingerprint density at radius 2 is 2.00 bits per heavy atom. The maximum Gasteiger partial charge on any atom is 0.0524 e. The van der Waals surface area contributed by atoms with Gasteiger partial charge in [-0.3, -0.25) is 4.90 Å². The third kappa shape index (κ3) is 4.88. The van der Waals surface area contributed by atoms with Crippen LogP contribution < -0.4 is 5.73 Å². The smallest absolute Gasteiger partial charge is 0.0524 e. The molecule has 0 heterocycles. The Morgan fingerprint density at radius 1 is 1.37 bits per heavy atom. The van der Waals surface area contributed by atoms with E-state index in [1.54, 1.807) is 0 Å². The molecule has 3 atom stereocenters. The monoisotopic (exact) mass is 328 g/mol. The van der Waals surface area contributed by atoms with Crippen LogP contribution in [0.15, 0.2) is 28.7 Å². The molecule has 1 rings (SSSR count). The molecule has 3 nitrogen and oxygen atoms in total. The van der Waals surface area contributed by atoms with E-state index in [0.717, 1.165) is 23.9 Å². The summed E-state index contributed by atoms with van der Waals surface area (Å²) in [6.45, 7) is 4.76. The summed E-state index contributed by atoms with van der Waals surface area (Å²) < 4.78 is 1.09. The van der Waals surface area contributed by atoms with Crippen LogP contribution in [0.1, 0.15) is 38.3 Å². The molecule has 0 amide bonds. The average Bonchev–Trinajstić information content (AvgIpc) is 2.38. The van der Waals surface area contributed by atoms with Gasteiger partial charge < -0.3 is 10.8 Å². The van der Waals surface area contributed by atoms with E-state index in [2.05, 4.69) is 40.9 Å². The molecule has 0 radical (unpaired) electrons. The Balaban J connectivity index is 2.92. The SMILES string of the molecule is CCC(N)C(c1ccccc1Br)N(C)CCC(C)O. The number of hydrogen-bond acceptors (Lipinski definition) is 3. The highest BCUT2D eigenvalue weighted by Crippen LogP contribution is 2.30. The molecule has 0 aliphatic carbocycles. The largest absolute Gasteiger partial charge is 0.393 e. The van der Waals surface area contributed by atoms with Crippen LogP contribution in [0.2, 0.25) is 0 Å². The van der Waals surface area contributed by atoms with Crippen LogP contribution in [0.25, 0.3) is 0 Å². The van der Waals surface area contributed by atoms with Crippen LogP contribution in [0.4, 0.5) is 0 Å². The molecule has 1 aromatic rings. The van der Waals surface area contributed by atoms with Gasteiger partial charge in [0.25, 0.3) is 0 Å². The summed E-state index contributed by atoms with van der Waals surface area (Å²) in [6, 6.07) is 8.46. The van der Waals surface area contributed by atoms with Gasteiger partial charge >= 0.3 is 0 Å². The predicted molar refractivity (Wildman–Crippen MR) is 84.1 cm³/mol. The summed E-state index contributed by atoms with van der Waals surface area (Å²) in [5.74, 6) is 0. The number of nitrogens with zero attached hydrogens (tertiary/aromatic N) is 1. The lowest BCUT2D eigenvalue weighted by Gasteiger charge is -2.33. The first-order valence-electron chi connectivity index (χ1n) is 6.85. The van der Waals surface area contributed by atoms with E-state index in [9.17, 15) is 5.11 Å². The van der Waals surface area contributed by atoms with Crippen molar-refractivity contribution in [3.05, 3.63) is 34.3 Å². The Kier molecular flexibility index (Phi) is 7.00. The van der Waals surface area contributed by atoms with Crippen molar-refractivity contribution < 1.29 is 5.11 Å². The molecular weight excluding hydrogens is 304 g/mol. The van der Waals surface area contributed by atoms with Gasteiger partial charge in [0, 0.05) is 17.1 Å². The third-order valence-corrected chi connectivity index (χ3v) is 4.20. The van der Waals surface area contributed by atoms with Gasteiger partial charge in [-0.15, -0.1) is 0 Å². The standard InChI is InChI=1S/C15H25BrN2O/c1-4-14(17)15(18(3)10-9-11(2)19)12-7-5-6-8-13(12)16/h5-8,11,14-15,19H,4,9-10,17H2,1-3H3. The maximum absolute atomic E-state index is 9.44. The Labute approximate surface area is 124 Å².